The molecule has 2 aromatic carbocycles. The number of hydrogen-bond donors (Lipinski definition) is 1. The average Bonchev–Trinajstić information content (AvgIpc) is 3.35. The molecule has 1 N–H and O–H groups in total. The molecule has 8 heteroatoms. The van der Waals surface area contributed by atoms with Crippen LogP contribution >= 0.6 is 15.9 Å². The number of aryl methyl sites for hydroxylation is 2. The van der Waals surface area contributed by atoms with Crippen molar-refractivity contribution in [3.8, 4) is 17.2 Å². The van der Waals surface area contributed by atoms with Crippen LogP contribution in [0.5, 0.6) is 17.2 Å². The second kappa shape index (κ2) is 8.62. The molecule has 0 radical (unpaired) electrons. The summed E-state index contributed by atoms with van der Waals surface area (Å²) in [4.78, 5) is 12.3. The van der Waals surface area contributed by atoms with Crippen LogP contribution < -0.4 is 19.6 Å². The number of carbonyl (C=O) groups excluding carboxylic acids is 1. The molecular formula is C22H19BrN2O5. The summed E-state index contributed by atoms with van der Waals surface area (Å²) in [5.41, 5.74) is 5.43. The highest BCUT2D eigenvalue weighted by atomic mass is 79.9. The minimum atomic E-state index is -0.458. The summed E-state index contributed by atoms with van der Waals surface area (Å²) in [6, 6.07) is 12.8. The van der Waals surface area contributed by atoms with Gasteiger partial charge in [-0.2, -0.15) is 5.10 Å². The van der Waals surface area contributed by atoms with E-state index in [0.717, 1.165) is 26.9 Å². The minimum absolute atomic E-state index is 0.149. The Morgan fingerprint density at radius 3 is 2.63 bits per heavy atom. The Morgan fingerprint density at radius 1 is 1.13 bits per heavy atom. The zero-order chi connectivity index (χ0) is 21.1. The Balaban J connectivity index is 1.34. The van der Waals surface area contributed by atoms with E-state index in [0.29, 0.717) is 17.3 Å². The highest BCUT2D eigenvalue weighted by Gasteiger charge is 2.16. The van der Waals surface area contributed by atoms with Crippen molar-refractivity contribution < 1.29 is 23.4 Å². The van der Waals surface area contributed by atoms with Gasteiger partial charge in [-0.3, -0.25) is 4.79 Å². The summed E-state index contributed by atoms with van der Waals surface area (Å²) in [7, 11) is 0. The molecule has 154 valence electrons. The molecule has 3 aromatic rings. The van der Waals surface area contributed by atoms with Gasteiger partial charge < -0.3 is 18.6 Å². The monoisotopic (exact) mass is 470 g/mol. The van der Waals surface area contributed by atoms with Gasteiger partial charge in [-0.15, -0.1) is 0 Å². The van der Waals surface area contributed by atoms with Gasteiger partial charge in [-0.25, -0.2) is 5.43 Å². The fourth-order valence-electron chi connectivity index (χ4n) is 3.00. The first-order chi connectivity index (χ1) is 14.5. The first-order valence-corrected chi connectivity index (χ1v) is 9.99. The van der Waals surface area contributed by atoms with Crippen LogP contribution in [0.15, 0.2) is 56.5 Å². The fourth-order valence-corrected chi connectivity index (χ4v) is 3.42. The summed E-state index contributed by atoms with van der Waals surface area (Å²) >= 11 is 3.44. The highest BCUT2D eigenvalue weighted by Crippen LogP contribution is 2.36. The van der Waals surface area contributed by atoms with Crippen molar-refractivity contribution in [1.29, 1.82) is 0 Å². The summed E-state index contributed by atoms with van der Waals surface area (Å²) in [6.07, 6.45) is 1.51. The average molecular weight is 471 g/mol. The van der Waals surface area contributed by atoms with Gasteiger partial charge in [0.25, 0.3) is 0 Å². The molecule has 1 amide bonds. The Kier molecular flexibility index (Phi) is 5.76. The van der Waals surface area contributed by atoms with Crippen molar-refractivity contribution in [2.24, 2.45) is 5.10 Å². The van der Waals surface area contributed by atoms with E-state index in [1.165, 1.54) is 6.21 Å². The molecule has 1 aliphatic rings. The number of fused-ring (bicyclic) bond motifs is 1. The second-order valence-corrected chi connectivity index (χ2v) is 7.66. The van der Waals surface area contributed by atoms with Crippen molar-refractivity contribution in [2.75, 3.05) is 6.79 Å². The van der Waals surface area contributed by atoms with Crippen LogP contribution in [-0.2, 0) is 6.61 Å². The molecule has 30 heavy (non-hydrogen) atoms. The van der Waals surface area contributed by atoms with Gasteiger partial charge in [0.2, 0.25) is 6.79 Å². The molecule has 0 spiro atoms. The molecule has 4 rings (SSSR count). The van der Waals surface area contributed by atoms with Gasteiger partial charge in [0.15, 0.2) is 17.3 Å². The van der Waals surface area contributed by atoms with Gasteiger partial charge in [0, 0.05) is 10.0 Å². The second-order valence-electron chi connectivity index (χ2n) is 6.80. The first kappa shape index (κ1) is 20.0. The third-order valence-electron chi connectivity index (χ3n) is 4.32. The lowest BCUT2D eigenvalue weighted by molar-refractivity contribution is 0.0923. The van der Waals surface area contributed by atoms with E-state index < -0.39 is 5.91 Å². The Hall–Kier alpha value is -3.26. The first-order valence-electron chi connectivity index (χ1n) is 9.20. The van der Waals surface area contributed by atoms with Crippen LogP contribution in [0, 0.1) is 13.8 Å². The topological polar surface area (TPSA) is 82.3 Å². The summed E-state index contributed by atoms with van der Waals surface area (Å²) < 4.78 is 22.7. The predicted molar refractivity (Wildman–Crippen MR) is 114 cm³/mol. The Labute approximate surface area is 181 Å². The number of hydrazone groups is 1. The van der Waals surface area contributed by atoms with Gasteiger partial charge >= 0.3 is 5.91 Å². The SMILES string of the molecule is Cc1cc(C)cc(OCc2ccc(C(=O)N/N=C\c3cc4c(cc3Br)OCO4)o2)c1. The lowest BCUT2D eigenvalue weighted by Gasteiger charge is -2.06. The van der Waals surface area contributed by atoms with Gasteiger partial charge in [0.1, 0.15) is 18.1 Å². The summed E-state index contributed by atoms with van der Waals surface area (Å²) in [5.74, 6) is 2.28. The van der Waals surface area contributed by atoms with Crippen LogP contribution in [0.2, 0.25) is 0 Å². The number of rotatable bonds is 6. The van der Waals surface area contributed by atoms with Gasteiger partial charge in [0.05, 0.1) is 6.21 Å². The molecule has 2 heterocycles. The van der Waals surface area contributed by atoms with Crippen LogP contribution in [0.3, 0.4) is 0 Å². The van der Waals surface area contributed by atoms with Crippen LogP contribution in [0.4, 0.5) is 0 Å². The molecule has 0 saturated heterocycles. The number of ether oxygens (including phenoxy) is 3. The summed E-state index contributed by atoms with van der Waals surface area (Å²) in [5, 5.41) is 3.98. The highest BCUT2D eigenvalue weighted by molar-refractivity contribution is 9.10. The molecule has 0 saturated carbocycles. The molecule has 1 aromatic heterocycles. The molecule has 0 atom stereocenters. The maximum atomic E-state index is 12.3. The zero-order valence-corrected chi connectivity index (χ0v) is 18.0. The van der Waals surface area contributed by atoms with Crippen molar-refractivity contribution in [1.82, 2.24) is 5.43 Å². The van der Waals surface area contributed by atoms with E-state index in [9.17, 15) is 4.79 Å². The van der Waals surface area contributed by atoms with Crippen molar-refractivity contribution >= 4 is 28.1 Å². The van der Waals surface area contributed by atoms with Gasteiger partial charge in [-0.05, 0) is 77.3 Å². The molecular weight excluding hydrogens is 452 g/mol. The van der Waals surface area contributed by atoms with Crippen LogP contribution in [-0.4, -0.2) is 18.9 Å². The number of nitrogens with one attached hydrogen (secondary N) is 1. The third-order valence-corrected chi connectivity index (χ3v) is 5.01. The minimum Gasteiger partial charge on any atom is -0.486 e. The van der Waals surface area contributed by atoms with Crippen molar-refractivity contribution in [3.05, 3.63) is 75.1 Å². The predicted octanol–water partition coefficient (Wildman–Crippen LogP) is 4.73. The van der Waals surface area contributed by atoms with Crippen molar-refractivity contribution in [2.45, 2.75) is 20.5 Å². The molecule has 0 unspecified atom stereocenters. The molecule has 0 aliphatic carbocycles. The number of halogens is 1. The van der Waals surface area contributed by atoms with E-state index in [1.54, 1.807) is 24.3 Å². The van der Waals surface area contributed by atoms with Crippen LogP contribution in [0.1, 0.15) is 33.0 Å². The standard InChI is InChI=1S/C22H19BrN2O5/c1-13-5-14(2)7-17(6-13)27-11-16-3-4-19(30-16)22(26)25-24-10-15-8-20-21(9-18(15)23)29-12-28-20/h3-10H,11-12H2,1-2H3,(H,25,26)/b24-10-. The van der Waals surface area contributed by atoms with E-state index in [1.807, 2.05) is 26.0 Å². The summed E-state index contributed by atoms with van der Waals surface area (Å²) in [6.45, 7) is 4.44. The molecule has 0 bridgehead atoms. The quantitative estimate of drug-likeness (QED) is 0.415. The largest absolute Gasteiger partial charge is 0.486 e. The normalized spacial score (nSPS) is 12.4. The maximum absolute atomic E-state index is 12.3. The van der Waals surface area contributed by atoms with E-state index in [-0.39, 0.29) is 19.2 Å². The molecule has 7 nitrogen and oxygen atoms in total. The van der Waals surface area contributed by atoms with E-state index in [2.05, 4.69) is 32.5 Å². The number of furan rings is 1. The lowest BCUT2D eigenvalue weighted by atomic mass is 10.1. The number of amides is 1. The van der Waals surface area contributed by atoms with Crippen LogP contribution in [0.25, 0.3) is 0 Å². The maximum Gasteiger partial charge on any atom is 0.307 e. The number of nitrogens with zero attached hydrogens (tertiary/aromatic N) is 1. The molecule has 0 fully saturated rings. The zero-order valence-electron chi connectivity index (χ0n) is 16.4. The van der Waals surface area contributed by atoms with E-state index in [4.69, 9.17) is 18.6 Å². The lowest BCUT2D eigenvalue weighted by Crippen LogP contribution is -2.16. The Bertz CT molecular complexity index is 1100. The third kappa shape index (κ3) is 4.65. The number of hydrogen-bond acceptors (Lipinski definition) is 6. The Morgan fingerprint density at radius 2 is 1.87 bits per heavy atom. The van der Waals surface area contributed by atoms with Gasteiger partial charge in [-0.1, -0.05) is 6.07 Å². The number of carbonyl (C=O) groups is 1. The smallest absolute Gasteiger partial charge is 0.307 e. The van der Waals surface area contributed by atoms with E-state index >= 15 is 0 Å². The number of benzene rings is 2. The van der Waals surface area contributed by atoms with Crippen molar-refractivity contribution in [3.63, 3.8) is 0 Å². The molecule has 1 aliphatic heterocycles. The fraction of sp³-hybridized carbons (Fsp3) is 0.182.